The number of halogens is 1. The molecule has 1 aromatic carbocycles. The van der Waals surface area contributed by atoms with Gasteiger partial charge in [0.05, 0.1) is 11.0 Å². The standard InChI is InChI=1S/C12H14FNO4/c13-8-5-6-9(14(16)17)12(7-8)18-11-4-2-1-3-10(11)15/h5-7,10-11,15H,1-4H2/t10-,11?/m0/s1. The molecule has 0 spiro atoms. The van der Waals surface area contributed by atoms with Crippen LogP contribution in [0, 0.1) is 15.9 Å². The minimum atomic E-state index is -0.651. The van der Waals surface area contributed by atoms with Crippen LogP contribution in [0.3, 0.4) is 0 Å². The van der Waals surface area contributed by atoms with Gasteiger partial charge in [-0.2, -0.15) is 0 Å². The van der Waals surface area contributed by atoms with Gasteiger partial charge in [-0.1, -0.05) is 6.42 Å². The second kappa shape index (κ2) is 5.30. The van der Waals surface area contributed by atoms with Crippen molar-refractivity contribution in [3.8, 4) is 5.75 Å². The summed E-state index contributed by atoms with van der Waals surface area (Å²) in [4.78, 5) is 10.2. The highest BCUT2D eigenvalue weighted by atomic mass is 19.1. The highest BCUT2D eigenvalue weighted by Gasteiger charge is 2.27. The quantitative estimate of drug-likeness (QED) is 0.665. The van der Waals surface area contributed by atoms with Crippen LogP contribution in [0.1, 0.15) is 25.7 Å². The SMILES string of the molecule is O=[N+]([O-])c1ccc(F)cc1OC1CCCC[C@@H]1O. The van der Waals surface area contributed by atoms with E-state index in [9.17, 15) is 19.6 Å². The normalized spacial score (nSPS) is 23.7. The first-order valence-corrected chi connectivity index (χ1v) is 5.86. The summed E-state index contributed by atoms with van der Waals surface area (Å²) in [7, 11) is 0. The van der Waals surface area contributed by atoms with Crippen LogP contribution >= 0.6 is 0 Å². The summed E-state index contributed by atoms with van der Waals surface area (Å²) >= 11 is 0. The number of rotatable bonds is 3. The van der Waals surface area contributed by atoms with Crippen molar-refractivity contribution in [2.45, 2.75) is 37.9 Å². The van der Waals surface area contributed by atoms with Gasteiger partial charge in [-0.25, -0.2) is 4.39 Å². The summed E-state index contributed by atoms with van der Waals surface area (Å²) in [5, 5.41) is 20.5. The van der Waals surface area contributed by atoms with E-state index in [2.05, 4.69) is 0 Å². The van der Waals surface area contributed by atoms with Crippen LogP contribution in [-0.2, 0) is 0 Å². The lowest BCUT2D eigenvalue weighted by Crippen LogP contribution is -2.34. The van der Waals surface area contributed by atoms with Crippen molar-refractivity contribution in [2.75, 3.05) is 0 Å². The molecule has 98 valence electrons. The first-order valence-electron chi connectivity index (χ1n) is 5.86. The molecule has 1 aliphatic carbocycles. The van der Waals surface area contributed by atoms with Crippen LogP contribution in [0.5, 0.6) is 5.75 Å². The number of aliphatic hydroxyl groups is 1. The maximum Gasteiger partial charge on any atom is 0.311 e. The van der Waals surface area contributed by atoms with E-state index in [1.165, 1.54) is 0 Å². The molecule has 2 rings (SSSR count). The Balaban J connectivity index is 2.21. The average Bonchev–Trinajstić information content (AvgIpc) is 2.32. The fourth-order valence-corrected chi connectivity index (χ4v) is 2.11. The highest BCUT2D eigenvalue weighted by Crippen LogP contribution is 2.31. The van der Waals surface area contributed by atoms with Gasteiger partial charge < -0.3 is 9.84 Å². The predicted molar refractivity (Wildman–Crippen MR) is 61.9 cm³/mol. The van der Waals surface area contributed by atoms with Crippen LogP contribution in [0.2, 0.25) is 0 Å². The van der Waals surface area contributed by atoms with Gasteiger partial charge in [-0.15, -0.1) is 0 Å². The summed E-state index contributed by atoms with van der Waals surface area (Å²) in [5.74, 6) is -0.716. The molecule has 0 aliphatic heterocycles. The fourth-order valence-electron chi connectivity index (χ4n) is 2.11. The summed E-state index contributed by atoms with van der Waals surface area (Å²) in [6, 6.07) is 3.07. The summed E-state index contributed by atoms with van der Waals surface area (Å²) < 4.78 is 18.5. The molecule has 1 unspecified atom stereocenters. The topological polar surface area (TPSA) is 72.6 Å². The van der Waals surface area contributed by atoms with Gasteiger partial charge in [0.25, 0.3) is 0 Å². The molecule has 18 heavy (non-hydrogen) atoms. The van der Waals surface area contributed by atoms with Crippen LogP contribution in [-0.4, -0.2) is 22.2 Å². The molecule has 0 saturated heterocycles. The minimum Gasteiger partial charge on any atom is -0.481 e. The number of nitro groups is 1. The molecule has 1 fully saturated rings. The third-order valence-electron chi connectivity index (χ3n) is 3.06. The molecule has 0 heterocycles. The Morgan fingerprint density at radius 2 is 2.11 bits per heavy atom. The molecule has 0 radical (unpaired) electrons. The van der Waals surface area contributed by atoms with E-state index in [-0.39, 0.29) is 11.4 Å². The number of hydrogen-bond acceptors (Lipinski definition) is 4. The lowest BCUT2D eigenvalue weighted by atomic mass is 9.95. The predicted octanol–water partition coefficient (Wildman–Crippen LogP) is 2.42. The molecule has 0 amide bonds. The lowest BCUT2D eigenvalue weighted by molar-refractivity contribution is -0.386. The maximum atomic E-state index is 13.1. The van der Waals surface area contributed by atoms with Crippen molar-refractivity contribution in [3.63, 3.8) is 0 Å². The molecule has 0 bridgehead atoms. The van der Waals surface area contributed by atoms with Crippen molar-refractivity contribution >= 4 is 5.69 Å². The van der Waals surface area contributed by atoms with E-state index < -0.39 is 22.9 Å². The van der Waals surface area contributed by atoms with Gasteiger partial charge >= 0.3 is 5.69 Å². The van der Waals surface area contributed by atoms with Crippen molar-refractivity contribution in [1.82, 2.24) is 0 Å². The summed E-state index contributed by atoms with van der Waals surface area (Å²) in [5.41, 5.74) is -0.283. The number of ether oxygens (including phenoxy) is 1. The lowest BCUT2D eigenvalue weighted by Gasteiger charge is -2.27. The zero-order chi connectivity index (χ0) is 13.1. The van der Waals surface area contributed by atoms with Crippen molar-refractivity contribution in [3.05, 3.63) is 34.1 Å². The van der Waals surface area contributed by atoms with Gasteiger partial charge in [0.2, 0.25) is 0 Å². The molecular formula is C12H14FNO4. The first-order chi connectivity index (χ1) is 8.58. The molecular weight excluding hydrogens is 241 g/mol. The van der Waals surface area contributed by atoms with Crippen LogP contribution < -0.4 is 4.74 Å². The van der Waals surface area contributed by atoms with Gasteiger partial charge in [0.1, 0.15) is 11.9 Å². The van der Waals surface area contributed by atoms with Crippen LogP contribution in [0.25, 0.3) is 0 Å². The van der Waals surface area contributed by atoms with Crippen LogP contribution in [0.15, 0.2) is 18.2 Å². The van der Waals surface area contributed by atoms with E-state index >= 15 is 0 Å². The monoisotopic (exact) mass is 255 g/mol. The van der Waals surface area contributed by atoms with E-state index in [1.54, 1.807) is 0 Å². The zero-order valence-corrected chi connectivity index (χ0v) is 9.71. The van der Waals surface area contributed by atoms with Crippen molar-refractivity contribution < 1.29 is 19.2 Å². The Morgan fingerprint density at radius 1 is 1.39 bits per heavy atom. The third kappa shape index (κ3) is 2.76. The van der Waals surface area contributed by atoms with E-state index in [0.717, 1.165) is 31.0 Å². The smallest absolute Gasteiger partial charge is 0.311 e. The van der Waals surface area contributed by atoms with Crippen LogP contribution in [0.4, 0.5) is 10.1 Å². The highest BCUT2D eigenvalue weighted by molar-refractivity contribution is 5.46. The third-order valence-corrected chi connectivity index (χ3v) is 3.06. The van der Waals surface area contributed by atoms with E-state index in [0.29, 0.717) is 12.8 Å². The molecule has 1 aromatic rings. The van der Waals surface area contributed by atoms with Crippen molar-refractivity contribution in [2.24, 2.45) is 0 Å². The zero-order valence-electron chi connectivity index (χ0n) is 9.71. The Hall–Kier alpha value is -1.69. The number of hydrogen-bond donors (Lipinski definition) is 1. The fraction of sp³-hybridized carbons (Fsp3) is 0.500. The molecule has 6 heteroatoms. The van der Waals surface area contributed by atoms with E-state index in [1.807, 2.05) is 0 Å². The van der Waals surface area contributed by atoms with Gasteiger partial charge in [-0.3, -0.25) is 10.1 Å². The largest absolute Gasteiger partial charge is 0.481 e. The van der Waals surface area contributed by atoms with Crippen molar-refractivity contribution in [1.29, 1.82) is 0 Å². The first kappa shape index (κ1) is 12.8. The summed E-state index contributed by atoms with van der Waals surface area (Å²) in [6.45, 7) is 0. The molecule has 1 N–H and O–H groups in total. The number of aliphatic hydroxyl groups excluding tert-OH is 1. The molecule has 2 atom stereocenters. The maximum absolute atomic E-state index is 13.1. The van der Waals surface area contributed by atoms with Gasteiger partial charge in [0, 0.05) is 12.1 Å². The Labute approximate surface area is 103 Å². The number of benzene rings is 1. The number of nitrogens with zero attached hydrogens (tertiary/aromatic N) is 1. The van der Waals surface area contributed by atoms with Gasteiger partial charge in [0.15, 0.2) is 5.75 Å². The average molecular weight is 255 g/mol. The second-order valence-electron chi connectivity index (χ2n) is 4.38. The molecule has 1 aliphatic rings. The Kier molecular flexibility index (Phi) is 3.76. The molecule has 0 aromatic heterocycles. The minimum absolute atomic E-state index is 0.119. The summed E-state index contributed by atoms with van der Waals surface area (Å²) in [6.07, 6.45) is 1.88. The second-order valence-corrected chi connectivity index (χ2v) is 4.38. The molecule has 1 saturated carbocycles. The Morgan fingerprint density at radius 3 is 2.78 bits per heavy atom. The number of nitro benzene ring substituents is 1. The van der Waals surface area contributed by atoms with E-state index in [4.69, 9.17) is 4.74 Å². The Bertz CT molecular complexity index is 452. The molecule has 5 nitrogen and oxygen atoms in total. The van der Waals surface area contributed by atoms with Gasteiger partial charge in [-0.05, 0) is 25.3 Å².